The summed E-state index contributed by atoms with van der Waals surface area (Å²) in [7, 11) is 0. The first-order chi connectivity index (χ1) is 9.70. The molecule has 2 aromatic carbocycles. The summed E-state index contributed by atoms with van der Waals surface area (Å²) < 4.78 is 0. The molecular weight excluding hydrogens is 254 g/mol. The Labute approximate surface area is 116 Å². The number of nitro groups is 1. The number of ketones is 1. The van der Waals surface area contributed by atoms with Crippen LogP contribution in [0.25, 0.3) is 0 Å². The van der Waals surface area contributed by atoms with Gasteiger partial charge in [-0.25, -0.2) is 0 Å². The van der Waals surface area contributed by atoms with E-state index in [0.717, 1.165) is 5.56 Å². The number of hydrogen-bond donors (Lipinski definition) is 0. The third-order valence-corrected chi connectivity index (χ3v) is 3.77. The Bertz CT molecular complexity index is 639. The molecule has 20 heavy (non-hydrogen) atoms. The Balaban J connectivity index is 1.90. The quantitative estimate of drug-likeness (QED) is 0.486. The van der Waals surface area contributed by atoms with Crippen LogP contribution < -0.4 is 0 Å². The van der Waals surface area contributed by atoms with Crippen molar-refractivity contribution in [1.29, 1.82) is 0 Å². The van der Waals surface area contributed by atoms with Gasteiger partial charge in [0.25, 0.3) is 0 Å². The highest BCUT2D eigenvalue weighted by molar-refractivity contribution is 6.01. The zero-order valence-electron chi connectivity index (χ0n) is 10.7. The van der Waals surface area contributed by atoms with Gasteiger partial charge >= 0.3 is 0 Å². The van der Waals surface area contributed by atoms with E-state index in [1.807, 2.05) is 36.4 Å². The number of hydrogen-bond acceptors (Lipinski definition) is 3. The lowest BCUT2D eigenvalue weighted by atomic mass is 10.0. The number of carbonyl (C=O) groups excluding carboxylic acids is 1. The van der Waals surface area contributed by atoms with Crippen LogP contribution in [0.5, 0.6) is 0 Å². The van der Waals surface area contributed by atoms with Crippen molar-refractivity contribution in [3.63, 3.8) is 0 Å². The summed E-state index contributed by atoms with van der Waals surface area (Å²) in [5, 5.41) is 11.1. The lowest BCUT2D eigenvalue weighted by Crippen LogP contribution is -2.10. The molecule has 100 valence electrons. The van der Waals surface area contributed by atoms with Crippen LogP contribution in [-0.4, -0.2) is 16.7 Å². The van der Waals surface area contributed by atoms with E-state index in [4.69, 9.17) is 0 Å². The van der Waals surface area contributed by atoms with Crippen LogP contribution in [0.3, 0.4) is 0 Å². The molecule has 0 aliphatic heterocycles. The minimum absolute atomic E-state index is 0.138. The fourth-order valence-corrected chi connectivity index (χ4v) is 2.75. The van der Waals surface area contributed by atoms with Gasteiger partial charge in [-0.3, -0.25) is 14.9 Å². The molecule has 1 aliphatic carbocycles. The minimum Gasteiger partial charge on any atom is -0.294 e. The van der Waals surface area contributed by atoms with Crippen molar-refractivity contribution in [2.75, 3.05) is 0 Å². The van der Waals surface area contributed by atoms with E-state index in [9.17, 15) is 14.9 Å². The molecule has 0 unspecified atom stereocenters. The Morgan fingerprint density at radius 3 is 2.05 bits per heavy atom. The predicted octanol–water partition coefficient (Wildman–Crippen LogP) is 2.93. The second kappa shape index (κ2) is 4.89. The van der Waals surface area contributed by atoms with Gasteiger partial charge in [0.1, 0.15) is 5.92 Å². The molecule has 1 aliphatic rings. The molecule has 4 heteroatoms. The number of carbonyl (C=O) groups is 1. The van der Waals surface area contributed by atoms with Gasteiger partial charge in [-0.05, 0) is 5.56 Å². The van der Waals surface area contributed by atoms with Gasteiger partial charge in [0.2, 0.25) is 6.04 Å². The summed E-state index contributed by atoms with van der Waals surface area (Å²) in [6.45, 7) is 0. The Morgan fingerprint density at radius 2 is 1.50 bits per heavy atom. The molecular formula is C16H13NO3. The van der Waals surface area contributed by atoms with E-state index in [0.29, 0.717) is 5.56 Å². The number of nitrogens with zero attached hydrogens (tertiary/aromatic N) is 1. The predicted molar refractivity (Wildman–Crippen MR) is 74.2 cm³/mol. The van der Waals surface area contributed by atoms with E-state index < -0.39 is 12.0 Å². The van der Waals surface area contributed by atoms with Gasteiger partial charge < -0.3 is 0 Å². The fraction of sp³-hybridized carbons (Fsp3) is 0.188. The first kappa shape index (κ1) is 12.5. The van der Waals surface area contributed by atoms with E-state index in [1.165, 1.54) is 0 Å². The van der Waals surface area contributed by atoms with Crippen LogP contribution in [0, 0.1) is 16.0 Å². The first-order valence-electron chi connectivity index (χ1n) is 6.48. The first-order valence-corrected chi connectivity index (χ1v) is 6.48. The summed E-state index contributed by atoms with van der Waals surface area (Å²) >= 11 is 0. The Morgan fingerprint density at radius 1 is 0.950 bits per heavy atom. The zero-order chi connectivity index (χ0) is 14.1. The molecule has 3 atom stereocenters. The maximum absolute atomic E-state index is 12.4. The van der Waals surface area contributed by atoms with Gasteiger partial charge in [0.05, 0.1) is 5.92 Å². The van der Waals surface area contributed by atoms with Crippen molar-refractivity contribution in [3.05, 3.63) is 81.9 Å². The Kier molecular flexibility index (Phi) is 3.06. The number of Topliss-reactive ketones (excluding diaryl/α,β-unsaturated/α-hetero) is 1. The van der Waals surface area contributed by atoms with Crippen LogP contribution >= 0.6 is 0 Å². The fourth-order valence-electron chi connectivity index (χ4n) is 2.75. The number of rotatable bonds is 4. The summed E-state index contributed by atoms with van der Waals surface area (Å²) in [5.41, 5.74) is 1.41. The maximum Gasteiger partial charge on any atom is 0.231 e. The van der Waals surface area contributed by atoms with Crippen LogP contribution in [0.2, 0.25) is 0 Å². The molecule has 0 aromatic heterocycles. The summed E-state index contributed by atoms with van der Waals surface area (Å²) in [6, 6.07) is 17.2. The highest BCUT2D eigenvalue weighted by atomic mass is 16.6. The molecule has 0 amide bonds. The van der Waals surface area contributed by atoms with Gasteiger partial charge in [-0.2, -0.15) is 0 Å². The van der Waals surface area contributed by atoms with Gasteiger partial charge in [0.15, 0.2) is 5.78 Å². The lowest BCUT2D eigenvalue weighted by molar-refractivity contribution is -0.498. The summed E-state index contributed by atoms with van der Waals surface area (Å²) in [5.74, 6) is -0.991. The molecule has 0 radical (unpaired) electrons. The maximum atomic E-state index is 12.4. The average molecular weight is 267 g/mol. The molecule has 2 aromatic rings. The van der Waals surface area contributed by atoms with Crippen LogP contribution in [0.1, 0.15) is 21.8 Å². The van der Waals surface area contributed by atoms with Crippen LogP contribution in [0.4, 0.5) is 0 Å². The largest absolute Gasteiger partial charge is 0.294 e. The van der Waals surface area contributed by atoms with Crippen molar-refractivity contribution in [1.82, 2.24) is 0 Å². The highest BCUT2D eigenvalue weighted by Crippen LogP contribution is 2.51. The lowest BCUT2D eigenvalue weighted by Gasteiger charge is -1.98. The molecule has 1 fully saturated rings. The second-order valence-electron chi connectivity index (χ2n) is 4.97. The van der Waals surface area contributed by atoms with Gasteiger partial charge in [-0.15, -0.1) is 0 Å². The Hall–Kier alpha value is -2.49. The van der Waals surface area contributed by atoms with Crippen molar-refractivity contribution < 1.29 is 9.72 Å². The molecule has 3 rings (SSSR count). The monoisotopic (exact) mass is 267 g/mol. The van der Waals surface area contributed by atoms with Crippen molar-refractivity contribution >= 4 is 5.78 Å². The molecule has 0 heterocycles. The SMILES string of the molecule is O=C(c1ccccc1)[C@H]1[C@@H](c2ccccc2)[C@@H]1[N+](=O)[O-]. The van der Waals surface area contributed by atoms with Crippen molar-refractivity contribution in [3.8, 4) is 0 Å². The normalized spacial score (nSPS) is 24.1. The summed E-state index contributed by atoms with van der Waals surface area (Å²) in [6.07, 6.45) is 0. The van der Waals surface area contributed by atoms with Crippen molar-refractivity contribution in [2.24, 2.45) is 5.92 Å². The highest BCUT2D eigenvalue weighted by Gasteiger charge is 2.64. The van der Waals surface area contributed by atoms with Gasteiger partial charge in [-0.1, -0.05) is 60.7 Å². The molecule has 0 N–H and O–H groups in total. The third-order valence-electron chi connectivity index (χ3n) is 3.77. The summed E-state index contributed by atoms with van der Waals surface area (Å²) in [4.78, 5) is 23.2. The van der Waals surface area contributed by atoms with Crippen molar-refractivity contribution in [2.45, 2.75) is 12.0 Å². The number of benzene rings is 2. The molecule has 1 saturated carbocycles. The second-order valence-corrected chi connectivity index (χ2v) is 4.97. The molecule has 0 bridgehead atoms. The van der Waals surface area contributed by atoms with E-state index in [-0.39, 0.29) is 16.6 Å². The van der Waals surface area contributed by atoms with E-state index >= 15 is 0 Å². The molecule has 4 nitrogen and oxygen atoms in total. The minimum atomic E-state index is -0.801. The smallest absolute Gasteiger partial charge is 0.231 e. The van der Waals surface area contributed by atoms with Gasteiger partial charge in [0, 0.05) is 10.5 Å². The zero-order valence-corrected chi connectivity index (χ0v) is 10.7. The standard InChI is InChI=1S/C16H13NO3/c18-16(12-9-5-2-6-10-12)14-13(15(14)17(19)20)11-7-3-1-4-8-11/h1-10,13-15H/t13-,14+,15+/m1/s1. The van der Waals surface area contributed by atoms with Crippen LogP contribution in [-0.2, 0) is 0 Å². The van der Waals surface area contributed by atoms with Crippen LogP contribution in [0.15, 0.2) is 60.7 Å². The molecule has 0 spiro atoms. The average Bonchev–Trinajstić information content (AvgIpc) is 3.24. The topological polar surface area (TPSA) is 60.2 Å². The van der Waals surface area contributed by atoms with E-state index in [1.54, 1.807) is 24.3 Å². The molecule has 0 saturated heterocycles. The van der Waals surface area contributed by atoms with E-state index in [2.05, 4.69) is 0 Å². The third kappa shape index (κ3) is 2.09.